The van der Waals surface area contributed by atoms with Gasteiger partial charge in [0.15, 0.2) is 0 Å². The van der Waals surface area contributed by atoms with E-state index in [1.807, 2.05) is 27.0 Å². The van der Waals surface area contributed by atoms with E-state index in [0.29, 0.717) is 6.61 Å². The van der Waals surface area contributed by atoms with E-state index in [4.69, 9.17) is 4.74 Å². The molecule has 60 valence electrons. The zero-order chi connectivity index (χ0) is 8.20. The van der Waals surface area contributed by atoms with Gasteiger partial charge in [-0.1, -0.05) is 0 Å². The first-order valence-electron chi connectivity index (χ1n) is 3.27. The van der Waals surface area contributed by atoms with E-state index < -0.39 is 4.75 Å². The summed E-state index contributed by atoms with van der Waals surface area (Å²) in [6, 6.07) is 0. The fourth-order valence-corrected chi connectivity index (χ4v) is 0.614. The highest BCUT2D eigenvalue weighted by molar-refractivity contribution is 8.00. The molecule has 0 saturated heterocycles. The summed E-state index contributed by atoms with van der Waals surface area (Å²) in [5.41, 5.74) is 0. The van der Waals surface area contributed by atoms with E-state index in [1.54, 1.807) is 0 Å². The van der Waals surface area contributed by atoms with Crippen molar-refractivity contribution >= 4 is 17.7 Å². The highest BCUT2D eigenvalue weighted by atomic mass is 32.2. The molecule has 0 bridgehead atoms. The summed E-state index contributed by atoms with van der Waals surface area (Å²) in [6.45, 7) is 5.99. The van der Waals surface area contributed by atoms with Gasteiger partial charge in [0.1, 0.15) is 4.75 Å². The van der Waals surface area contributed by atoms with Crippen LogP contribution in [0.2, 0.25) is 0 Å². The lowest BCUT2D eigenvalue weighted by atomic mass is 10.2. The minimum Gasteiger partial charge on any atom is -0.465 e. The lowest BCUT2D eigenvalue weighted by Gasteiger charge is -2.18. The number of hydrogen-bond donors (Lipinski definition) is 0. The van der Waals surface area contributed by atoms with Crippen LogP contribution >= 0.6 is 11.8 Å². The van der Waals surface area contributed by atoms with Crippen LogP contribution in [-0.4, -0.2) is 23.6 Å². The fourth-order valence-electron chi connectivity index (χ4n) is 0.388. The third-order valence-corrected chi connectivity index (χ3v) is 2.46. The zero-order valence-corrected chi connectivity index (χ0v) is 7.75. The second kappa shape index (κ2) is 3.86. The van der Waals surface area contributed by atoms with Gasteiger partial charge in [0.25, 0.3) is 0 Å². The van der Waals surface area contributed by atoms with Gasteiger partial charge in [-0.25, -0.2) is 0 Å². The summed E-state index contributed by atoms with van der Waals surface area (Å²) in [5.74, 6) is -0.137. The maximum atomic E-state index is 11.1. The Labute approximate surface area is 66.3 Å². The van der Waals surface area contributed by atoms with E-state index in [-0.39, 0.29) is 5.97 Å². The van der Waals surface area contributed by atoms with Crippen LogP contribution in [0.5, 0.6) is 0 Å². The van der Waals surface area contributed by atoms with Crippen molar-refractivity contribution in [2.75, 3.05) is 12.9 Å². The van der Waals surface area contributed by atoms with Gasteiger partial charge in [0.2, 0.25) is 0 Å². The first-order valence-corrected chi connectivity index (χ1v) is 4.49. The Balaban J connectivity index is 3.91. The van der Waals surface area contributed by atoms with Crippen molar-refractivity contribution in [2.45, 2.75) is 25.5 Å². The molecule has 0 aliphatic carbocycles. The lowest BCUT2D eigenvalue weighted by molar-refractivity contribution is -0.145. The zero-order valence-electron chi connectivity index (χ0n) is 6.93. The van der Waals surface area contributed by atoms with Crippen LogP contribution in [0.15, 0.2) is 0 Å². The quantitative estimate of drug-likeness (QED) is 0.591. The molecule has 0 rings (SSSR count). The summed E-state index contributed by atoms with van der Waals surface area (Å²) in [6.07, 6.45) is 1.90. The summed E-state index contributed by atoms with van der Waals surface area (Å²) in [7, 11) is 0. The molecule has 10 heavy (non-hydrogen) atoms. The van der Waals surface area contributed by atoms with Crippen molar-refractivity contribution in [3.05, 3.63) is 0 Å². The number of carbonyl (C=O) groups excluding carboxylic acids is 1. The van der Waals surface area contributed by atoms with Crippen LogP contribution in [0, 0.1) is 0 Å². The van der Waals surface area contributed by atoms with Crippen molar-refractivity contribution in [3.8, 4) is 0 Å². The van der Waals surface area contributed by atoms with Crippen LogP contribution in [-0.2, 0) is 9.53 Å². The average Bonchev–Trinajstić information content (AvgIpc) is 1.89. The van der Waals surface area contributed by atoms with E-state index in [1.165, 1.54) is 11.8 Å². The summed E-state index contributed by atoms with van der Waals surface area (Å²) in [4.78, 5) is 11.1. The molecule has 0 aliphatic rings. The molecule has 0 atom stereocenters. The van der Waals surface area contributed by atoms with Crippen LogP contribution in [0.1, 0.15) is 20.8 Å². The van der Waals surface area contributed by atoms with E-state index in [9.17, 15) is 4.79 Å². The van der Waals surface area contributed by atoms with Crippen LogP contribution in [0.4, 0.5) is 0 Å². The molecule has 0 aromatic heterocycles. The first kappa shape index (κ1) is 9.82. The molecule has 0 aliphatic heterocycles. The SMILES string of the molecule is CCOC(=O)C(C)(C)SC. The second-order valence-corrected chi connectivity index (χ2v) is 3.86. The predicted molar refractivity (Wildman–Crippen MR) is 44.2 cm³/mol. The molecule has 0 heterocycles. The first-order chi connectivity index (χ1) is 4.54. The largest absolute Gasteiger partial charge is 0.465 e. The molecule has 0 aromatic rings. The summed E-state index contributed by atoms with van der Waals surface area (Å²) >= 11 is 1.50. The number of rotatable bonds is 3. The maximum Gasteiger partial charge on any atom is 0.321 e. The van der Waals surface area contributed by atoms with Crippen LogP contribution < -0.4 is 0 Å². The molecule has 0 amide bonds. The summed E-state index contributed by atoms with van der Waals surface area (Å²) in [5, 5.41) is 0. The smallest absolute Gasteiger partial charge is 0.321 e. The number of thioether (sulfide) groups is 1. The number of hydrogen-bond acceptors (Lipinski definition) is 3. The van der Waals surface area contributed by atoms with Crippen molar-refractivity contribution in [1.82, 2.24) is 0 Å². The van der Waals surface area contributed by atoms with E-state index >= 15 is 0 Å². The Morgan fingerprint density at radius 2 is 2.10 bits per heavy atom. The molecule has 0 N–H and O–H groups in total. The second-order valence-electron chi connectivity index (χ2n) is 2.43. The standard InChI is InChI=1S/C7H14O2S/c1-5-9-6(8)7(2,3)10-4/h5H2,1-4H3. The van der Waals surface area contributed by atoms with Gasteiger partial charge in [-0.15, -0.1) is 11.8 Å². The molecule has 0 spiro atoms. The van der Waals surface area contributed by atoms with Gasteiger partial charge in [-0.05, 0) is 27.0 Å². The third-order valence-electron chi connectivity index (χ3n) is 1.28. The highest BCUT2D eigenvalue weighted by Gasteiger charge is 2.27. The Morgan fingerprint density at radius 3 is 2.40 bits per heavy atom. The van der Waals surface area contributed by atoms with Crippen LogP contribution in [0.3, 0.4) is 0 Å². The molecule has 0 aromatic carbocycles. The van der Waals surface area contributed by atoms with Crippen molar-refractivity contribution in [3.63, 3.8) is 0 Å². The van der Waals surface area contributed by atoms with Gasteiger partial charge < -0.3 is 4.74 Å². The average molecular weight is 162 g/mol. The van der Waals surface area contributed by atoms with Gasteiger partial charge in [-0.3, -0.25) is 4.79 Å². The fraction of sp³-hybridized carbons (Fsp3) is 0.857. The molecule has 2 nitrogen and oxygen atoms in total. The monoisotopic (exact) mass is 162 g/mol. The minimum atomic E-state index is -0.393. The highest BCUT2D eigenvalue weighted by Crippen LogP contribution is 2.22. The molecule has 0 saturated carbocycles. The maximum absolute atomic E-state index is 11.1. The Hall–Kier alpha value is -0.180. The molecule has 0 unspecified atom stereocenters. The number of carbonyl (C=O) groups is 1. The number of esters is 1. The van der Waals surface area contributed by atoms with Gasteiger partial charge in [0, 0.05) is 0 Å². The van der Waals surface area contributed by atoms with Crippen LogP contribution in [0.25, 0.3) is 0 Å². The predicted octanol–water partition coefficient (Wildman–Crippen LogP) is 1.69. The normalized spacial score (nSPS) is 11.2. The van der Waals surface area contributed by atoms with Gasteiger partial charge >= 0.3 is 5.97 Å². The topological polar surface area (TPSA) is 26.3 Å². The summed E-state index contributed by atoms with van der Waals surface area (Å²) < 4.78 is 4.44. The molecule has 3 heteroatoms. The molecule has 0 radical (unpaired) electrons. The van der Waals surface area contributed by atoms with Crippen molar-refractivity contribution < 1.29 is 9.53 Å². The van der Waals surface area contributed by atoms with E-state index in [0.717, 1.165) is 0 Å². The van der Waals surface area contributed by atoms with Crippen molar-refractivity contribution in [2.24, 2.45) is 0 Å². The van der Waals surface area contributed by atoms with Crippen molar-refractivity contribution in [1.29, 1.82) is 0 Å². The molecular weight excluding hydrogens is 148 g/mol. The number of ether oxygens (including phenoxy) is 1. The van der Waals surface area contributed by atoms with E-state index in [2.05, 4.69) is 0 Å². The third kappa shape index (κ3) is 2.60. The Bertz CT molecular complexity index is 121. The lowest BCUT2D eigenvalue weighted by Crippen LogP contribution is -2.29. The Morgan fingerprint density at radius 1 is 1.60 bits per heavy atom. The van der Waals surface area contributed by atoms with Gasteiger partial charge in [0.05, 0.1) is 6.61 Å². The minimum absolute atomic E-state index is 0.137. The van der Waals surface area contributed by atoms with Gasteiger partial charge in [-0.2, -0.15) is 0 Å². The Kier molecular flexibility index (Phi) is 3.79. The molecule has 0 fully saturated rings. The molecular formula is C7H14O2S.